The maximum absolute atomic E-state index is 12.7. The smallest absolute Gasteiger partial charge is 0.371 e. The van der Waals surface area contributed by atoms with E-state index < -0.39 is 16.0 Å². The molecule has 2 rings (SSSR count). The van der Waals surface area contributed by atoms with Gasteiger partial charge in [-0.25, -0.2) is 13.2 Å². The van der Waals surface area contributed by atoms with E-state index in [4.69, 9.17) is 9.52 Å². The lowest BCUT2D eigenvalue weighted by Gasteiger charge is -2.33. The third kappa shape index (κ3) is 3.13. The van der Waals surface area contributed by atoms with Gasteiger partial charge in [-0.15, -0.1) is 0 Å². The van der Waals surface area contributed by atoms with E-state index in [-0.39, 0.29) is 22.5 Å². The summed E-state index contributed by atoms with van der Waals surface area (Å²) < 4.78 is 31.7. The van der Waals surface area contributed by atoms with E-state index in [2.05, 4.69) is 6.92 Å². The molecule has 6 nitrogen and oxygen atoms in total. The van der Waals surface area contributed by atoms with Crippen LogP contribution in [-0.4, -0.2) is 36.9 Å². The van der Waals surface area contributed by atoms with E-state index in [0.29, 0.717) is 5.92 Å². The van der Waals surface area contributed by atoms with Crippen LogP contribution in [0.1, 0.15) is 48.9 Å². The number of nitrogens with zero attached hydrogens (tertiary/aromatic N) is 1. The van der Waals surface area contributed by atoms with Crippen LogP contribution in [0, 0.1) is 12.8 Å². The molecule has 1 N–H and O–H groups in total. The van der Waals surface area contributed by atoms with Crippen molar-refractivity contribution in [1.29, 1.82) is 0 Å². The lowest BCUT2D eigenvalue weighted by Crippen LogP contribution is -2.39. The Labute approximate surface area is 124 Å². The van der Waals surface area contributed by atoms with Gasteiger partial charge in [0.25, 0.3) is 0 Å². The predicted octanol–water partition coefficient (Wildman–Crippen LogP) is 2.49. The first-order chi connectivity index (χ1) is 9.73. The molecule has 1 fully saturated rings. The molecular weight excluding hydrogens is 294 g/mol. The van der Waals surface area contributed by atoms with Crippen LogP contribution in [0.25, 0.3) is 0 Å². The van der Waals surface area contributed by atoms with Crippen molar-refractivity contribution in [1.82, 2.24) is 4.31 Å². The van der Waals surface area contributed by atoms with Crippen LogP contribution in [0.4, 0.5) is 0 Å². The Morgan fingerprint density at radius 3 is 2.62 bits per heavy atom. The van der Waals surface area contributed by atoms with Gasteiger partial charge in [0.05, 0.1) is 0 Å². The largest absolute Gasteiger partial charge is 0.475 e. The number of carboxylic acids is 1. The molecule has 2 unspecified atom stereocenters. The minimum atomic E-state index is -3.73. The highest BCUT2D eigenvalue weighted by atomic mass is 32.2. The molecule has 1 aromatic heterocycles. The van der Waals surface area contributed by atoms with Gasteiger partial charge in [0, 0.05) is 19.2 Å². The van der Waals surface area contributed by atoms with Gasteiger partial charge in [-0.05, 0) is 25.7 Å². The normalized spacial score (nSPS) is 23.4. The maximum Gasteiger partial charge on any atom is 0.371 e. The Morgan fingerprint density at radius 2 is 2.10 bits per heavy atom. The highest BCUT2D eigenvalue weighted by Gasteiger charge is 2.34. The number of furan rings is 1. The number of carbonyl (C=O) groups is 1. The Morgan fingerprint density at radius 1 is 1.43 bits per heavy atom. The molecule has 1 aromatic rings. The Balaban J connectivity index is 2.30. The highest BCUT2D eigenvalue weighted by Crippen LogP contribution is 2.31. The molecule has 0 spiro atoms. The van der Waals surface area contributed by atoms with Crippen LogP contribution < -0.4 is 0 Å². The zero-order valence-electron chi connectivity index (χ0n) is 12.5. The second-order valence-electron chi connectivity index (χ2n) is 5.78. The zero-order chi connectivity index (χ0) is 15.8. The van der Waals surface area contributed by atoms with E-state index in [1.54, 1.807) is 7.05 Å². The summed E-state index contributed by atoms with van der Waals surface area (Å²) in [5, 5.41) is 8.91. The molecule has 21 heavy (non-hydrogen) atoms. The molecule has 118 valence electrons. The van der Waals surface area contributed by atoms with Crippen LogP contribution in [0.15, 0.2) is 15.4 Å². The van der Waals surface area contributed by atoms with Crippen molar-refractivity contribution >= 4 is 16.0 Å². The van der Waals surface area contributed by atoms with Crippen LogP contribution >= 0.6 is 0 Å². The number of carboxylic acid groups (broad SMARTS) is 1. The van der Waals surface area contributed by atoms with Gasteiger partial charge in [0.1, 0.15) is 10.7 Å². The van der Waals surface area contributed by atoms with Crippen LogP contribution in [0.5, 0.6) is 0 Å². The number of aromatic carboxylic acids is 1. The fraction of sp³-hybridized carbons (Fsp3) is 0.643. The molecule has 0 saturated heterocycles. The molecule has 0 radical (unpaired) electrons. The summed E-state index contributed by atoms with van der Waals surface area (Å²) in [4.78, 5) is 10.9. The van der Waals surface area contributed by atoms with E-state index in [1.165, 1.54) is 11.2 Å². The average molecular weight is 315 g/mol. The van der Waals surface area contributed by atoms with Gasteiger partial charge < -0.3 is 9.52 Å². The molecule has 1 heterocycles. The number of aryl methyl sites for hydroxylation is 1. The van der Waals surface area contributed by atoms with Gasteiger partial charge in [-0.3, -0.25) is 0 Å². The van der Waals surface area contributed by atoms with E-state index in [1.807, 2.05) is 0 Å². The first-order valence-corrected chi connectivity index (χ1v) is 8.49. The van der Waals surface area contributed by atoms with Crippen molar-refractivity contribution in [3.05, 3.63) is 17.6 Å². The van der Waals surface area contributed by atoms with Crippen molar-refractivity contribution in [3.63, 3.8) is 0 Å². The molecule has 1 saturated carbocycles. The Hall–Kier alpha value is -1.34. The third-order valence-electron chi connectivity index (χ3n) is 4.16. The summed E-state index contributed by atoms with van der Waals surface area (Å²) in [6, 6.07) is 1.05. The highest BCUT2D eigenvalue weighted by molar-refractivity contribution is 7.89. The van der Waals surface area contributed by atoms with Gasteiger partial charge in [0.2, 0.25) is 15.8 Å². The van der Waals surface area contributed by atoms with E-state index in [0.717, 1.165) is 31.7 Å². The van der Waals surface area contributed by atoms with Gasteiger partial charge in [-0.1, -0.05) is 19.8 Å². The molecule has 0 bridgehead atoms. The van der Waals surface area contributed by atoms with Crippen molar-refractivity contribution in [2.45, 2.75) is 50.5 Å². The van der Waals surface area contributed by atoms with E-state index in [9.17, 15) is 13.2 Å². The van der Waals surface area contributed by atoms with Crippen molar-refractivity contribution in [2.24, 2.45) is 5.92 Å². The summed E-state index contributed by atoms with van der Waals surface area (Å²) >= 11 is 0. The molecule has 1 aliphatic carbocycles. The molecule has 0 amide bonds. The lowest BCUT2D eigenvalue weighted by molar-refractivity contribution is 0.0661. The maximum atomic E-state index is 12.7. The van der Waals surface area contributed by atoms with Gasteiger partial charge in [-0.2, -0.15) is 4.31 Å². The molecule has 7 heteroatoms. The molecule has 1 aliphatic rings. The minimum absolute atomic E-state index is 0.0404. The Bertz CT molecular complexity index is 634. The summed E-state index contributed by atoms with van der Waals surface area (Å²) in [5.74, 6) is -1.01. The third-order valence-corrected chi connectivity index (χ3v) is 6.18. The fourth-order valence-corrected chi connectivity index (χ4v) is 4.47. The zero-order valence-corrected chi connectivity index (χ0v) is 13.3. The quantitative estimate of drug-likeness (QED) is 0.922. The first kappa shape index (κ1) is 16.0. The summed E-state index contributed by atoms with van der Waals surface area (Å²) in [7, 11) is -2.17. The standard InChI is InChI=1S/C14H21NO5S/c1-9-5-4-6-11(7-9)15(3)21(18,19)13-8-12(14(16)17)20-10(13)2/h8-9,11H,4-7H2,1-3H3,(H,16,17). The minimum Gasteiger partial charge on any atom is -0.475 e. The topological polar surface area (TPSA) is 87.8 Å². The summed E-state index contributed by atoms with van der Waals surface area (Å²) in [6.07, 6.45) is 3.80. The van der Waals surface area contributed by atoms with Crippen LogP contribution in [0.2, 0.25) is 0 Å². The SMILES string of the molecule is Cc1oc(C(=O)O)cc1S(=O)(=O)N(C)C1CCCC(C)C1. The lowest BCUT2D eigenvalue weighted by atomic mass is 9.87. The van der Waals surface area contributed by atoms with Gasteiger partial charge in [0.15, 0.2) is 0 Å². The molecule has 0 aliphatic heterocycles. The number of hydrogen-bond donors (Lipinski definition) is 1. The van der Waals surface area contributed by atoms with Crippen LogP contribution in [0.3, 0.4) is 0 Å². The monoisotopic (exact) mass is 315 g/mol. The van der Waals surface area contributed by atoms with E-state index >= 15 is 0 Å². The molecule has 0 aromatic carbocycles. The van der Waals surface area contributed by atoms with Crippen molar-refractivity contribution < 1.29 is 22.7 Å². The van der Waals surface area contributed by atoms with Gasteiger partial charge >= 0.3 is 5.97 Å². The number of rotatable bonds is 4. The second kappa shape index (κ2) is 5.81. The molecule has 2 atom stereocenters. The number of hydrogen-bond acceptors (Lipinski definition) is 4. The fourth-order valence-electron chi connectivity index (χ4n) is 2.91. The number of sulfonamides is 1. The van der Waals surface area contributed by atoms with Crippen molar-refractivity contribution in [2.75, 3.05) is 7.05 Å². The summed E-state index contributed by atoms with van der Waals surface area (Å²) in [6.45, 7) is 3.59. The second-order valence-corrected chi connectivity index (χ2v) is 7.75. The predicted molar refractivity (Wildman–Crippen MR) is 76.8 cm³/mol. The van der Waals surface area contributed by atoms with Crippen molar-refractivity contribution in [3.8, 4) is 0 Å². The average Bonchev–Trinajstić information content (AvgIpc) is 2.81. The first-order valence-electron chi connectivity index (χ1n) is 7.05. The summed E-state index contributed by atoms with van der Waals surface area (Å²) in [5.41, 5.74) is 0. The van der Waals surface area contributed by atoms with Crippen LogP contribution in [-0.2, 0) is 10.0 Å². The molecular formula is C14H21NO5S. The Kier molecular flexibility index (Phi) is 4.43.